The van der Waals surface area contributed by atoms with Gasteiger partial charge in [-0.2, -0.15) is 0 Å². The summed E-state index contributed by atoms with van der Waals surface area (Å²) in [6.07, 6.45) is 6.82. The molecule has 2 aromatic rings. The summed E-state index contributed by atoms with van der Waals surface area (Å²) in [5, 5.41) is 1.10. The molecule has 0 saturated carbocycles. The molecule has 1 aromatic carbocycles. The normalized spacial score (nSPS) is 22.5. The van der Waals surface area contributed by atoms with Gasteiger partial charge in [0.2, 0.25) is 11.8 Å². The van der Waals surface area contributed by atoms with Gasteiger partial charge >= 0.3 is 0 Å². The number of hydrogen-bond acceptors (Lipinski definition) is 4. The summed E-state index contributed by atoms with van der Waals surface area (Å²) in [5.74, 6) is 0.775. The third-order valence-electron chi connectivity index (χ3n) is 6.14. The van der Waals surface area contributed by atoms with E-state index in [2.05, 4.69) is 6.07 Å². The van der Waals surface area contributed by atoms with Crippen molar-refractivity contribution in [2.45, 2.75) is 63.2 Å². The minimum Gasteiger partial charge on any atom is -0.372 e. The van der Waals surface area contributed by atoms with Gasteiger partial charge in [-0.05, 0) is 32.8 Å². The number of rotatable bonds is 5. The van der Waals surface area contributed by atoms with E-state index in [0.29, 0.717) is 25.4 Å². The van der Waals surface area contributed by atoms with Crippen molar-refractivity contribution in [2.75, 3.05) is 31.9 Å². The van der Waals surface area contributed by atoms with Gasteiger partial charge in [-0.3, -0.25) is 9.59 Å². The standard InChI is InChI=1S/C24H33N3O3S/c1-18-13-27(14-19(2)30-18)23(28)16-26-15-22(20-9-5-6-10-21(20)26)31-17-24(29)25-11-7-3-4-8-12-25/h5-6,9-10,15,18-19H,3-4,7-8,11-14,16-17H2,1-2H3/t18-,19-/m0/s1. The molecule has 2 amide bonds. The van der Waals surface area contributed by atoms with Crippen molar-refractivity contribution in [3.63, 3.8) is 0 Å². The Kier molecular flexibility index (Phi) is 7.23. The van der Waals surface area contributed by atoms with Crippen LogP contribution in [0.1, 0.15) is 39.5 Å². The van der Waals surface area contributed by atoms with Crippen LogP contribution in [0.25, 0.3) is 10.9 Å². The van der Waals surface area contributed by atoms with Crippen LogP contribution in [0.4, 0.5) is 0 Å². The van der Waals surface area contributed by atoms with Gasteiger partial charge in [-0.1, -0.05) is 31.0 Å². The molecule has 0 spiro atoms. The van der Waals surface area contributed by atoms with E-state index < -0.39 is 0 Å². The van der Waals surface area contributed by atoms with Crippen LogP contribution in [-0.2, 0) is 20.9 Å². The predicted octanol–water partition coefficient (Wildman–Crippen LogP) is 3.77. The predicted molar refractivity (Wildman–Crippen MR) is 124 cm³/mol. The van der Waals surface area contributed by atoms with Gasteiger partial charge in [0.25, 0.3) is 0 Å². The number of ether oxygens (including phenoxy) is 1. The molecule has 1 aromatic heterocycles. The first-order valence-electron chi connectivity index (χ1n) is 11.4. The number of likely N-dealkylation sites (tertiary alicyclic amines) is 1. The first kappa shape index (κ1) is 22.2. The molecule has 2 aliphatic heterocycles. The van der Waals surface area contributed by atoms with Gasteiger partial charge in [0.05, 0.1) is 18.0 Å². The second-order valence-corrected chi connectivity index (χ2v) is 9.80. The number of nitrogens with zero attached hydrogens (tertiary/aromatic N) is 3. The fourth-order valence-electron chi connectivity index (χ4n) is 4.64. The highest BCUT2D eigenvalue weighted by molar-refractivity contribution is 8.00. The molecule has 2 fully saturated rings. The lowest BCUT2D eigenvalue weighted by molar-refractivity contribution is -0.143. The summed E-state index contributed by atoms with van der Waals surface area (Å²) in [4.78, 5) is 30.7. The number of hydrogen-bond donors (Lipinski definition) is 0. The molecular formula is C24H33N3O3S. The van der Waals surface area contributed by atoms with Gasteiger partial charge in [0.15, 0.2) is 0 Å². The van der Waals surface area contributed by atoms with Gasteiger partial charge < -0.3 is 19.1 Å². The van der Waals surface area contributed by atoms with Crippen LogP contribution in [0.3, 0.4) is 0 Å². The second-order valence-electron chi connectivity index (χ2n) is 8.78. The molecule has 2 saturated heterocycles. The van der Waals surface area contributed by atoms with Crippen LogP contribution in [0.5, 0.6) is 0 Å². The Hall–Kier alpha value is -1.99. The lowest BCUT2D eigenvalue weighted by Gasteiger charge is -2.35. The van der Waals surface area contributed by atoms with Crippen LogP contribution < -0.4 is 0 Å². The molecule has 168 valence electrons. The molecule has 3 heterocycles. The summed E-state index contributed by atoms with van der Waals surface area (Å²) < 4.78 is 7.79. The Morgan fingerprint density at radius 1 is 0.968 bits per heavy atom. The second kappa shape index (κ2) is 10.1. The van der Waals surface area contributed by atoms with Crippen molar-refractivity contribution in [3.05, 3.63) is 30.5 Å². The van der Waals surface area contributed by atoms with Crippen molar-refractivity contribution in [3.8, 4) is 0 Å². The first-order valence-corrected chi connectivity index (χ1v) is 12.4. The van der Waals surface area contributed by atoms with Crippen molar-refractivity contribution in [1.82, 2.24) is 14.4 Å². The van der Waals surface area contributed by atoms with Crippen LogP contribution in [-0.4, -0.2) is 70.3 Å². The highest BCUT2D eigenvalue weighted by Crippen LogP contribution is 2.30. The van der Waals surface area contributed by atoms with E-state index >= 15 is 0 Å². The summed E-state index contributed by atoms with van der Waals surface area (Å²) in [7, 11) is 0. The molecular weight excluding hydrogens is 410 g/mol. The van der Waals surface area contributed by atoms with Crippen LogP contribution in [0, 0.1) is 0 Å². The Balaban J connectivity index is 1.45. The number of carbonyl (C=O) groups excluding carboxylic acids is 2. The molecule has 0 unspecified atom stereocenters. The van der Waals surface area contributed by atoms with Gasteiger partial charge in [-0.25, -0.2) is 0 Å². The zero-order valence-electron chi connectivity index (χ0n) is 18.6. The third kappa shape index (κ3) is 5.44. The SMILES string of the molecule is C[C@H]1CN(C(=O)Cn2cc(SCC(=O)N3CCCCCC3)c3ccccc32)C[C@H](C)O1. The van der Waals surface area contributed by atoms with E-state index in [4.69, 9.17) is 4.74 Å². The molecule has 2 atom stereocenters. The molecule has 0 radical (unpaired) electrons. The molecule has 6 nitrogen and oxygen atoms in total. The van der Waals surface area contributed by atoms with Crippen molar-refractivity contribution >= 4 is 34.5 Å². The largest absolute Gasteiger partial charge is 0.372 e. The molecule has 0 N–H and O–H groups in total. The fraction of sp³-hybridized carbons (Fsp3) is 0.583. The van der Waals surface area contributed by atoms with Crippen molar-refractivity contribution < 1.29 is 14.3 Å². The lowest BCUT2D eigenvalue weighted by atomic mass is 10.2. The summed E-state index contributed by atoms with van der Waals surface area (Å²) in [5.41, 5.74) is 1.04. The molecule has 0 bridgehead atoms. The monoisotopic (exact) mass is 443 g/mol. The number of carbonyl (C=O) groups is 2. The lowest BCUT2D eigenvalue weighted by Crippen LogP contribution is -2.49. The van der Waals surface area contributed by atoms with Crippen molar-refractivity contribution in [2.24, 2.45) is 0 Å². The average Bonchev–Trinajstić information content (AvgIpc) is 2.91. The zero-order valence-corrected chi connectivity index (χ0v) is 19.4. The molecule has 0 aliphatic carbocycles. The fourth-order valence-corrected chi connectivity index (χ4v) is 5.63. The highest BCUT2D eigenvalue weighted by Gasteiger charge is 2.26. The van der Waals surface area contributed by atoms with E-state index in [1.165, 1.54) is 12.8 Å². The van der Waals surface area contributed by atoms with E-state index in [1.807, 2.05) is 52.6 Å². The topological polar surface area (TPSA) is 54.8 Å². The maximum absolute atomic E-state index is 13.0. The smallest absolute Gasteiger partial charge is 0.242 e. The van der Waals surface area contributed by atoms with Crippen molar-refractivity contribution in [1.29, 1.82) is 0 Å². The molecule has 7 heteroatoms. The summed E-state index contributed by atoms with van der Waals surface area (Å²) in [6.45, 7) is 7.36. The number of morpholine rings is 1. The van der Waals surface area contributed by atoms with Gasteiger partial charge in [-0.15, -0.1) is 11.8 Å². The van der Waals surface area contributed by atoms with E-state index in [9.17, 15) is 9.59 Å². The Bertz CT molecular complexity index is 910. The van der Waals surface area contributed by atoms with E-state index in [-0.39, 0.29) is 24.0 Å². The molecule has 4 rings (SSSR count). The van der Waals surface area contributed by atoms with E-state index in [1.54, 1.807) is 11.8 Å². The highest BCUT2D eigenvalue weighted by atomic mass is 32.2. The van der Waals surface area contributed by atoms with Crippen LogP contribution >= 0.6 is 11.8 Å². The molecule has 2 aliphatic rings. The minimum atomic E-state index is 0.0604. The minimum absolute atomic E-state index is 0.0604. The number of thioether (sulfide) groups is 1. The maximum atomic E-state index is 13.0. The zero-order chi connectivity index (χ0) is 21.8. The van der Waals surface area contributed by atoms with Gasteiger partial charge in [0, 0.05) is 48.2 Å². The number of fused-ring (bicyclic) bond motifs is 1. The first-order chi connectivity index (χ1) is 15.0. The summed E-state index contributed by atoms with van der Waals surface area (Å²) >= 11 is 1.59. The van der Waals surface area contributed by atoms with Gasteiger partial charge in [0.1, 0.15) is 6.54 Å². The van der Waals surface area contributed by atoms with E-state index in [0.717, 1.165) is 41.7 Å². The number of amides is 2. The Morgan fingerprint density at radius 2 is 1.65 bits per heavy atom. The Morgan fingerprint density at radius 3 is 2.35 bits per heavy atom. The number of aromatic nitrogens is 1. The maximum Gasteiger partial charge on any atom is 0.242 e. The van der Waals surface area contributed by atoms with Crippen LogP contribution in [0.2, 0.25) is 0 Å². The Labute approximate surface area is 188 Å². The average molecular weight is 444 g/mol. The number of para-hydroxylation sites is 1. The third-order valence-corrected chi connectivity index (χ3v) is 7.17. The summed E-state index contributed by atoms with van der Waals surface area (Å²) in [6, 6.07) is 8.14. The quantitative estimate of drug-likeness (QED) is 0.660. The molecule has 31 heavy (non-hydrogen) atoms. The number of benzene rings is 1. The van der Waals surface area contributed by atoms with Crippen LogP contribution in [0.15, 0.2) is 35.4 Å².